The van der Waals surface area contributed by atoms with Gasteiger partial charge in [0.15, 0.2) is 0 Å². The van der Waals surface area contributed by atoms with Gasteiger partial charge < -0.3 is 4.74 Å². The first-order valence-corrected chi connectivity index (χ1v) is 7.48. The first kappa shape index (κ1) is 15.7. The van der Waals surface area contributed by atoms with Gasteiger partial charge in [-0.05, 0) is 35.0 Å². The molecule has 0 radical (unpaired) electrons. The molecule has 0 fully saturated rings. The average molecular weight is 416 g/mol. The first-order chi connectivity index (χ1) is 9.99. The van der Waals surface area contributed by atoms with Gasteiger partial charge in [-0.2, -0.15) is 5.10 Å². The van der Waals surface area contributed by atoms with Crippen LogP contribution in [-0.2, 0) is 0 Å². The fourth-order valence-electron chi connectivity index (χ4n) is 1.69. The van der Waals surface area contributed by atoms with Gasteiger partial charge in [-0.3, -0.25) is 9.78 Å². The zero-order chi connectivity index (χ0) is 15.4. The minimum absolute atomic E-state index is 0.233. The maximum absolute atomic E-state index is 11.3. The van der Waals surface area contributed by atoms with E-state index in [0.29, 0.717) is 11.4 Å². The van der Waals surface area contributed by atoms with Crippen molar-refractivity contribution in [1.82, 2.24) is 9.97 Å². The van der Waals surface area contributed by atoms with Crippen LogP contribution in [-0.4, -0.2) is 23.3 Å². The number of methoxy groups -OCH3 is 1. The second kappa shape index (κ2) is 6.86. The van der Waals surface area contributed by atoms with Crippen LogP contribution in [0.3, 0.4) is 0 Å². The van der Waals surface area contributed by atoms with Crippen molar-refractivity contribution in [3.63, 3.8) is 0 Å². The largest absolute Gasteiger partial charge is 0.495 e. The molecular formula is C13H12Br2N4O2. The van der Waals surface area contributed by atoms with Gasteiger partial charge in [-0.1, -0.05) is 15.9 Å². The Morgan fingerprint density at radius 1 is 1.38 bits per heavy atom. The summed E-state index contributed by atoms with van der Waals surface area (Å²) in [5.41, 5.74) is 3.82. The molecule has 2 N–H and O–H groups in total. The number of rotatable bonds is 4. The average Bonchev–Trinajstić information content (AvgIpc) is 2.37. The molecule has 0 amide bonds. The van der Waals surface area contributed by atoms with E-state index < -0.39 is 0 Å². The predicted molar refractivity (Wildman–Crippen MR) is 89.2 cm³/mol. The number of aromatic amines is 1. The Balaban J connectivity index is 2.23. The van der Waals surface area contributed by atoms with Crippen LogP contribution in [0.4, 0.5) is 5.95 Å². The quantitative estimate of drug-likeness (QED) is 0.594. The molecule has 8 heteroatoms. The molecule has 1 aromatic heterocycles. The molecule has 0 unspecified atom stereocenters. The number of nitrogens with one attached hydrogen (secondary N) is 2. The third-order valence-corrected chi connectivity index (χ3v) is 3.53. The summed E-state index contributed by atoms with van der Waals surface area (Å²) in [6, 6.07) is 5.15. The Kier molecular flexibility index (Phi) is 5.13. The van der Waals surface area contributed by atoms with Crippen LogP contribution in [0.2, 0.25) is 0 Å². The van der Waals surface area contributed by atoms with Crippen LogP contribution in [0.5, 0.6) is 5.75 Å². The molecule has 0 aliphatic rings. The molecule has 1 aromatic carbocycles. The summed E-state index contributed by atoms with van der Waals surface area (Å²) >= 11 is 6.82. The van der Waals surface area contributed by atoms with E-state index in [1.165, 1.54) is 6.07 Å². The fraction of sp³-hybridized carbons (Fsp3) is 0.154. The van der Waals surface area contributed by atoms with Gasteiger partial charge >= 0.3 is 0 Å². The van der Waals surface area contributed by atoms with Gasteiger partial charge in [0.2, 0.25) is 5.95 Å². The number of hydrogen-bond donors (Lipinski definition) is 2. The summed E-state index contributed by atoms with van der Waals surface area (Å²) in [4.78, 5) is 18.0. The monoisotopic (exact) mass is 414 g/mol. The van der Waals surface area contributed by atoms with Crippen molar-refractivity contribution in [2.24, 2.45) is 5.10 Å². The van der Waals surface area contributed by atoms with Crippen LogP contribution < -0.4 is 15.7 Å². The Morgan fingerprint density at radius 2 is 2.14 bits per heavy atom. The summed E-state index contributed by atoms with van der Waals surface area (Å²) in [6.45, 7) is 1.73. The van der Waals surface area contributed by atoms with Crippen molar-refractivity contribution >= 4 is 44.0 Å². The van der Waals surface area contributed by atoms with Crippen molar-refractivity contribution < 1.29 is 4.74 Å². The molecule has 21 heavy (non-hydrogen) atoms. The number of anilines is 1. The summed E-state index contributed by atoms with van der Waals surface area (Å²) in [6.07, 6.45) is 1.58. The number of hydrazone groups is 1. The number of hydrogen-bond acceptors (Lipinski definition) is 5. The van der Waals surface area contributed by atoms with E-state index in [0.717, 1.165) is 14.5 Å². The zero-order valence-corrected chi connectivity index (χ0v) is 14.4. The van der Waals surface area contributed by atoms with Gasteiger partial charge in [0.1, 0.15) is 5.75 Å². The van der Waals surface area contributed by atoms with Gasteiger partial charge in [0, 0.05) is 21.8 Å². The summed E-state index contributed by atoms with van der Waals surface area (Å²) in [5.74, 6) is 0.943. The molecule has 0 atom stereocenters. The number of halogens is 2. The lowest BCUT2D eigenvalue weighted by atomic mass is 10.2. The maximum atomic E-state index is 11.3. The van der Waals surface area contributed by atoms with E-state index in [1.54, 1.807) is 20.2 Å². The third-order valence-electron chi connectivity index (χ3n) is 2.49. The number of nitrogens with zero attached hydrogens (tertiary/aromatic N) is 2. The molecule has 0 aliphatic heterocycles. The maximum Gasteiger partial charge on any atom is 0.252 e. The van der Waals surface area contributed by atoms with Gasteiger partial charge in [0.25, 0.3) is 5.56 Å². The van der Waals surface area contributed by atoms with Crippen molar-refractivity contribution in [2.75, 3.05) is 12.5 Å². The van der Waals surface area contributed by atoms with Crippen molar-refractivity contribution in [3.8, 4) is 5.75 Å². The second-order valence-corrected chi connectivity index (χ2v) is 5.89. The van der Waals surface area contributed by atoms with Crippen molar-refractivity contribution in [1.29, 1.82) is 0 Å². The number of benzene rings is 1. The number of ether oxygens (including phenoxy) is 1. The normalized spacial score (nSPS) is 10.9. The molecule has 0 bridgehead atoms. The Hall–Kier alpha value is -1.67. The van der Waals surface area contributed by atoms with E-state index in [1.807, 2.05) is 12.1 Å². The number of H-pyrrole nitrogens is 1. The van der Waals surface area contributed by atoms with Crippen LogP contribution in [0.25, 0.3) is 0 Å². The fourth-order valence-corrected chi connectivity index (χ4v) is 3.11. The van der Waals surface area contributed by atoms with E-state index in [-0.39, 0.29) is 11.5 Å². The lowest BCUT2D eigenvalue weighted by molar-refractivity contribution is 0.411. The Bertz CT molecular complexity index is 743. The van der Waals surface area contributed by atoms with Crippen molar-refractivity contribution in [3.05, 3.63) is 48.8 Å². The lowest BCUT2D eigenvalue weighted by Crippen LogP contribution is -2.10. The van der Waals surface area contributed by atoms with Gasteiger partial charge in [-0.15, -0.1) is 0 Å². The molecule has 0 aliphatic carbocycles. The van der Waals surface area contributed by atoms with Crippen LogP contribution in [0.15, 0.2) is 37.0 Å². The van der Waals surface area contributed by atoms with E-state index in [9.17, 15) is 4.79 Å². The Morgan fingerprint density at radius 3 is 2.81 bits per heavy atom. The highest BCUT2D eigenvalue weighted by Gasteiger charge is 2.07. The first-order valence-electron chi connectivity index (χ1n) is 5.89. The molecule has 0 saturated carbocycles. The third kappa shape index (κ3) is 4.15. The predicted octanol–water partition coefficient (Wildman–Crippen LogP) is 3.06. The highest BCUT2D eigenvalue weighted by Crippen LogP contribution is 2.31. The minimum Gasteiger partial charge on any atom is -0.495 e. The summed E-state index contributed by atoms with van der Waals surface area (Å²) in [5, 5.41) is 4.06. The standard InChI is InChI=1S/C13H12Br2N4O2/c1-7-3-11(20)18-13(17-7)19-16-6-8-4-9(14)5-10(15)12(8)21-2/h3-6H,1-2H3,(H2,17,18,19,20)/b16-6-. The molecule has 1 heterocycles. The van der Waals surface area contributed by atoms with E-state index in [4.69, 9.17) is 4.74 Å². The van der Waals surface area contributed by atoms with E-state index in [2.05, 4.69) is 52.4 Å². The van der Waals surface area contributed by atoms with Crippen LogP contribution >= 0.6 is 31.9 Å². The van der Waals surface area contributed by atoms with Gasteiger partial charge in [0.05, 0.1) is 17.8 Å². The molecule has 0 spiro atoms. The summed E-state index contributed by atoms with van der Waals surface area (Å²) < 4.78 is 7.01. The lowest BCUT2D eigenvalue weighted by Gasteiger charge is -2.07. The summed E-state index contributed by atoms with van der Waals surface area (Å²) in [7, 11) is 1.58. The smallest absolute Gasteiger partial charge is 0.252 e. The number of aromatic nitrogens is 2. The topological polar surface area (TPSA) is 79.4 Å². The Labute approximate surface area is 137 Å². The highest BCUT2D eigenvalue weighted by molar-refractivity contribution is 9.11. The second-order valence-electron chi connectivity index (χ2n) is 4.12. The molecule has 0 saturated heterocycles. The molecule has 110 valence electrons. The van der Waals surface area contributed by atoms with Crippen molar-refractivity contribution in [2.45, 2.75) is 6.92 Å². The number of aryl methyl sites for hydroxylation is 1. The van der Waals surface area contributed by atoms with E-state index >= 15 is 0 Å². The SMILES string of the molecule is COc1c(Br)cc(Br)cc1/C=N\Nc1nc(C)cc(=O)[nH]1. The van der Waals surface area contributed by atoms with Crippen LogP contribution in [0, 0.1) is 6.92 Å². The van der Waals surface area contributed by atoms with Gasteiger partial charge in [-0.25, -0.2) is 10.4 Å². The minimum atomic E-state index is -0.233. The highest BCUT2D eigenvalue weighted by atomic mass is 79.9. The molecule has 6 nitrogen and oxygen atoms in total. The molecular weight excluding hydrogens is 404 g/mol. The molecule has 2 rings (SSSR count). The van der Waals surface area contributed by atoms with Crippen LogP contribution in [0.1, 0.15) is 11.3 Å². The zero-order valence-electron chi connectivity index (χ0n) is 11.3. The molecule has 2 aromatic rings.